The molecule has 0 amide bonds. The van der Waals surface area contributed by atoms with E-state index in [1.165, 1.54) is 7.11 Å². The number of aliphatic hydroxyl groups excluding tert-OH is 1. The van der Waals surface area contributed by atoms with Crippen molar-refractivity contribution >= 4 is 11.9 Å². The Morgan fingerprint density at radius 1 is 1.47 bits per heavy atom. The highest BCUT2D eigenvalue weighted by Gasteiger charge is 2.28. The highest BCUT2D eigenvalue weighted by atomic mass is 16.5. The van der Waals surface area contributed by atoms with E-state index in [0.717, 1.165) is 19.5 Å². The van der Waals surface area contributed by atoms with Gasteiger partial charge in [0.05, 0.1) is 13.2 Å². The van der Waals surface area contributed by atoms with E-state index in [0.29, 0.717) is 5.95 Å². The van der Waals surface area contributed by atoms with Crippen molar-refractivity contribution in [1.29, 1.82) is 0 Å². The molecular formula is C10H17N5O2. The largest absolute Gasteiger partial charge is 0.467 e. The summed E-state index contributed by atoms with van der Waals surface area (Å²) >= 11 is 0. The molecular weight excluding hydrogens is 222 g/mol. The highest BCUT2D eigenvalue weighted by Crippen LogP contribution is 2.24. The van der Waals surface area contributed by atoms with Crippen LogP contribution in [0.25, 0.3) is 0 Å². The molecule has 17 heavy (non-hydrogen) atoms. The van der Waals surface area contributed by atoms with E-state index < -0.39 is 0 Å². The van der Waals surface area contributed by atoms with Crippen molar-refractivity contribution in [3.63, 3.8) is 0 Å². The minimum atomic E-state index is -0.318. The number of hydrogen-bond donors (Lipinski definition) is 2. The first-order valence-electron chi connectivity index (χ1n) is 5.58. The SMILES string of the molecule is COc1nc(N)nc(N2CCC(C(C)O)C2)n1. The lowest BCUT2D eigenvalue weighted by Gasteiger charge is -2.17. The van der Waals surface area contributed by atoms with Crippen molar-refractivity contribution in [1.82, 2.24) is 15.0 Å². The van der Waals surface area contributed by atoms with Crippen molar-refractivity contribution in [2.45, 2.75) is 19.4 Å². The molecule has 1 saturated heterocycles. The Morgan fingerprint density at radius 3 is 2.82 bits per heavy atom. The quantitative estimate of drug-likeness (QED) is 0.745. The van der Waals surface area contributed by atoms with Crippen molar-refractivity contribution in [2.24, 2.45) is 5.92 Å². The van der Waals surface area contributed by atoms with Gasteiger partial charge in [0.2, 0.25) is 11.9 Å². The standard InChI is InChI=1S/C10H17N5O2/c1-6(16)7-3-4-15(5-7)9-12-8(11)13-10(14-9)17-2/h6-7,16H,3-5H2,1-2H3,(H2,11,12,13,14). The van der Waals surface area contributed by atoms with Gasteiger partial charge in [0.25, 0.3) is 0 Å². The molecule has 1 aliphatic heterocycles. The number of ether oxygens (including phenoxy) is 1. The van der Waals surface area contributed by atoms with Gasteiger partial charge in [0, 0.05) is 19.0 Å². The maximum Gasteiger partial charge on any atom is 0.322 e. The second-order valence-electron chi connectivity index (χ2n) is 4.22. The van der Waals surface area contributed by atoms with Crippen molar-refractivity contribution < 1.29 is 9.84 Å². The lowest BCUT2D eigenvalue weighted by molar-refractivity contribution is 0.136. The maximum atomic E-state index is 9.54. The van der Waals surface area contributed by atoms with E-state index in [4.69, 9.17) is 10.5 Å². The summed E-state index contributed by atoms with van der Waals surface area (Å²) in [7, 11) is 1.49. The summed E-state index contributed by atoms with van der Waals surface area (Å²) in [5.41, 5.74) is 5.58. The predicted molar refractivity (Wildman–Crippen MR) is 62.8 cm³/mol. The zero-order valence-electron chi connectivity index (χ0n) is 10.00. The molecule has 2 rings (SSSR count). The summed E-state index contributed by atoms with van der Waals surface area (Å²) in [6.07, 6.45) is 0.604. The van der Waals surface area contributed by atoms with Gasteiger partial charge in [-0.05, 0) is 13.3 Å². The second kappa shape index (κ2) is 4.70. The van der Waals surface area contributed by atoms with Crippen LogP contribution in [0.15, 0.2) is 0 Å². The fourth-order valence-electron chi connectivity index (χ4n) is 1.96. The van der Waals surface area contributed by atoms with Gasteiger partial charge >= 0.3 is 6.01 Å². The minimum Gasteiger partial charge on any atom is -0.467 e. The number of nitrogens with two attached hydrogens (primary N) is 1. The first kappa shape index (κ1) is 11.8. The molecule has 0 aliphatic carbocycles. The van der Waals surface area contributed by atoms with Gasteiger partial charge in [-0.1, -0.05) is 0 Å². The molecule has 0 radical (unpaired) electrons. The number of hydrogen-bond acceptors (Lipinski definition) is 7. The molecule has 3 N–H and O–H groups in total. The Balaban J connectivity index is 2.15. The molecule has 1 fully saturated rings. The molecule has 1 aromatic rings. The maximum absolute atomic E-state index is 9.54. The third-order valence-corrected chi connectivity index (χ3v) is 2.99. The number of aromatic nitrogens is 3. The van der Waals surface area contributed by atoms with Crippen molar-refractivity contribution in [2.75, 3.05) is 30.8 Å². The number of aliphatic hydroxyl groups is 1. The molecule has 1 aliphatic rings. The average Bonchev–Trinajstić information content (AvgIpc) is 2.77. The zero-order valence-corrected chi connectivity index (χ0v) is 10.00. The van der Waals surface area contributed by atoms with Crippen LogP contribution in [0.2, 0.25) is 0 Å². The fourth-order valence-corrected chi connectivity index (χ4v) is 1.96. The number of nitrogen functional groups attached to an aromatic ring is 1. The molecule has 2 atom stereocenters. The van der Waals surface area contributed by atoms with Crippen molar-refractivity contribution in [3.8, 4) is 6.01 Å². The van der Waals surface area contributed by atoms with Crippen LogP contribution in [0.5, 0.6) is 6.01 Å². The van der Waals surface area contributed by atoms with E-state index in [-0.39, 0.29) is 24.0 Å². The van der Waals surface area contributed by atoms with Gasteiger partial charge in [-0.3, -0.25) is 0 Å². The Kier molecular flexibility index (Phi) is 3.28. The molecule has 2 unspecified atom stereocenters. The molecule has 0 saturated carbocycles. The average molecular weight is 239 g/mol. The van der Waals surface area contributed by atoms with Crippen LogP contribution in [0, 0.1) is 5.92 Å². The molecule has 0 spiro atoms. The van der Waals surface area contributed by atoms with Crippen LogP contribution in [-0.2, 0) is 0 Å². The Morgan fingerprint density at radius 2 is 2.24 bits per heavy atom. The molecule has 0 aromatic carbocycles. The van der Waals surface area contributed by atoms with Gasteiger partial charge in [-0.15, -0.1) is 0 Å². The first-order chi connectivity index (χ1) is 8.10. The molecule has 2 heterocycles. The summed E-state index contributed by atoms with van der Waals surface area (Å²) in [6, 6.07) is 0.216. The zero-order chi connectivity index (χ0) is 12.4. The Bertz CT molecular complexity index is 398. The van der Waals surface area contributed by atoms with E-state index >= 15 is 0 Å². The van der Waals surface area contributed by atoms with E-state index in [1.807, 2.05) is 4.90 Å². The van der Waals surface area contributed by atoms with E-state index in [9.17, 15) is 5.11 Å². The van der Waals surface area contributed by atoms with Crippen LogP contribution in [0.1, 0.15) is 13.3 Å². The summed E-state index contributed by atoms with van der Waals surface area (Å²) in [6.45, 7) is 3.34. The van der Waals surface area contributed by atoms with Crippen LogP contribution >= 0.6 is 0 Å². The Hall–Kier alpha value is -1.63. The van der Waals surface area contributed by atoms with Gasteiger partial charge in [-0.2, -0.15) is 15.0 Å². The first-order valence-corrected chi connectivity index (χ1v) is 5.58. The number of anilines is 2. The van der Waals surface area contributed by atoms with Crippen LogP contribution in [0.4, 0.5) is 11.9 Å². The topological polar surface area (TPSA) is 97.4 Å². The van der Waals surface area contributed by atoms with Crippen molar-refractivity contribution in [3.05, 3.63) is 0 Å². The lowest BCUT2D eigenvalue weighted by atomic mass is 10.0. The monoisotopic (exact) mass is 239 g/mol. The summed E-state index contributed by atoms with van der Waals surface area (Å²) in [4.78, 5) is 14.0. The van der Waals surface area contributed by atoms with Gasteiger partial charge < -0.3 is 20.5 Å². The van der Waals surface area contributed by atoms with Gasteiger partial charge in [0.15, 0.2) is 0 Å². The van der Waals surface area contributed by atoms with Crippen LogP contribution in [-0.4, -0.2) is 46.4 Å². The third-order valence-electron chi connectivity index (χ3n) is 2.99. The van der Waals surface area contributed by atoms with Crippen LogP contribution < -0.4 is 15.4 Å². The molecule has 7 nitrogen and oxygen atoms in total. The summed E-state index contributed by atoms with van der Waals surface area (Å²) in [5.74, 6) is 0.906. The minimum absolute atomic E-state index is 0.146. The predicted octanol–water partition coefficient (Wildman–Crippen LogP) is -0.331. The lowest BCUT2D eigenvalue weighted by Crippen LogP contribution is -2.26. The second-order valence-corrected chi connectivity index (χ2v) is 4.22. The number of methoxy groups -OCH3 is 1. The third kappa shape index (κ3) is 2.55. The van der Waals surface area contributed by atoms with Gasteiger partial charge in [0.1, 0.15) is 0 Å². The summed E-state index contributed by atoms with van der Waals surface area (Å²) in [5, 5.41) is 9.54. The molecule has 1 aromatic heterocycles. The van der Waals surface area contributed by atoms with E-state index in [1.54, 1.807) is 6.92 Å². The van der Waals surface area contributed by atoms with E-state index in [2.05, 4.69) is 15.0 Å². The normalized spacial score (nSPS) is 21.6. The van der Waals surface area contributed by atoms with Crippen LogP contribution in [0.3, 0.4) is 0 Å². The summed E-state index contributed by atoms with van der Waals surface area (Å²) < 4.78 is 4.95. The highest BCUT2D eigenvalue weighted by molar-refractivity contribution is 5.37. The molecule has 94 valence electrons. The fraction of sp³-hybridized carbons (Fsp3) is 0.700. The Labute approximate surface area is 99.6 Å². The molecule has 0 bridgehead atoms. The smallest absolute Gasteiger partial charge is 0.322 e. The molecule has 7 heteroatoms. The number of nitrogens with zero attached hydrogens (tertiary/aromatic N) is 4. The number of rotatable bonds is 3. The van der Waals surface area contributed by atoms with Gasteiger partial charge in [-0.25, -0.2) is 0 Å².